The van der Waals surface area contributed by atoms with Crippen molar-refractivity contribution in [2.24, 2.45) is 0 Å². The third kappa shape index (κ3) is 2.55. The molecule has 106 valence electrons. The number of aromatic nitrogens is 1. The minimum Gasteiger partial charge on any atom is -0.287 e. The van der Waals surface area contributed by atoms with Crippen molar-refractivity contribution in [3.05, 3.63) is 51.0 Å². The lowest BCUT2D eigenvalue weighted by atomic mass is 10.1. The minimum atomic E-state index is -4.70. The first-order valence-electron chi connectivity index (χ1n) is 5.24. The number of carbonyl (C=O) groups excluding carboxylic acids is 1. The van der Waals surface area contributed by atoms with Crippen molar-refractivity contribution in [1.82, 2.24) is 4.98 Å². The van der Waals surface area contributed by atoms with Crippen molar-refractivity contribution >= 4 is 17.1 Å². The van der Waals surface area contributed by atoms with Gasteiger partial charge in [-0.05, 0) is 18.6 Å². The highest BCUT2D eigenvalue weighted by atomic mass is 32.1. The molecule has 0 aliphatic carbocycles. The predicted octanol–water partition coefficient (Wildman–Crippen LogP) is 3.98. The molecule has 2 rings (SSSR count). The van der Waals surface area contributed by atoms with Gasteiger partial charge in [-0.3, -0.25) is 4.79 Å². The average molecular weight is 307 g/mol. The number of nitrogens with zero attached hydrogens (tertiary/aromatic N) is 1. The normalized spacial score (nSPS) is 11.7. The topological polar surface area (TPSA) is 30.0 Å². The lowest BCUT2D eigenvalue weighted by Gasteiger charge is -2.04. The maximum absolute atomic E-state index is 13.7. The Hall–Kier alpha value is -1.83. The van der Waals surface area contributed by atoms with Crippen LogP contribution in [0.4, 0.5) is 22.0 Å². The van der Waals surface area contributed by atoms with Gasteiger partial charge in [-0.25, -0.2) is 13.8 Å². The van der Waals surface area contributed by atoms with Crippen molar-refractivity contribution in [2.45, 2.75) is 13.1 Å². The molecule has 0 spiro atoms. The molecule has 0 fully saturated rings. The number of thiazole rings is 1. The zero-order chi connectivity index (χ0) is 15.1. The zero-order valence-electron chi connectivity index (χ0n) is 9.89. The van der Waals surface area contributed by atoms with Gasteiger partial charge < -0.3 is 0 Å². The number of halogens is 5. The molecule has 0 radical (unpaired) electrons. The first kappa shape index (κ1) is 14.6. The molecule has 8 heteroatoms. The molecule has 0 aliphatic heterocycles. The van der Waals surface area contributed by atoms with Gasteiger partial charge in [0.1, 0.15) is 11.6 Å². The molecule has 0 N–H and O–H groups in total. The number of alkyl halides is 3. The van der Waals surface area contributed by atoms with Crippen molar-refractivity contribution in [3.8, 4) is 0 Å². The van der Waals surface area contributed by atoms with Crippen molar-refractivity contribution < 1.29 is 26.7 Å². The Bertz CT molecular complexity index is 677. The fourth-order valence-electron chi connectivity index (χ4n) is 1.50. The summed E-state index contributed by atoms with van der Waals surface area (Å²) >= 11 is 0.0470. The third-order valence-corrected chi connectivity index (χ3v) is 3.52. The molecule has 2 nitrogen and oxygen atoms in total. The molecule has 2 aromatic rings. The van der Waals surface area contributed by atoms with Gasteiger partial charge in [0.15, 0.2) is 5.01 Å². The fourth-order valence-corrected chi connectivity index (χ4v) is 2.23. The number of ketones is 1. The standard InChI is InChI=1S/C12H6F5NOS/c1-5-2-3-6(13)8(9(5)14)10(19)7-4-18-11(20-7)12(15,16)17/h2-4H,1H3. The van der Waals surface area contributed by atoms with Crippen LogP contribution in [0.3, 0.4) is 0 Å². The molecule has 0 bridgehead atoms. The quantitative estimate of drug-likeness (QED) is 0.620. The Balaban J connectivity index is 2.48. The van der Waals surface area contributed by atoms with Gasteiger partial charge in [-0.1, -0.05) is 6.07 Å². The van der Waals surface area contributed by atoms with Crippen LogP contribution in [0.2, 0.25) is 0 Å². The number of hydrogen-bond donors (Lipinski definition) is 0. The number of carbonyl (C=O) groups is 1. The van der Waals surface area contributed by atoms with Crippen molar-refractivity contribution in [1.29, 1.82) is 0 Å². The molecule has 1 heterocycles. The van der Waals surface area contributed by atoms with Crippen molar-refractivity contribution in [2.75, 3.05) is 0 Å². The summed E-state index contributed by atoms with van der Waals surface area (Å²) in [5.74, 6) is -3.37. The Morgan fingerprint density at radius 3 is 2.45 bits per heavy atom. The minimum absolute atomic E-state index is 0.0234. The maximum Gasteiger partial charge on any atom is 0.443 e. The SMILES string of the molecule is Cc1ccc(F)c(C(=O)c2cnc(C(F)(F)F)s2)c1F. The van der Waals surface area contributed by atoms with E-state index in [2.05, 4.69) is 4.98 Å². The summed E-state index contributed by atoms with van der Waals surface area (Å²) in [5.41, 5.74) is -0.849. The zero-order valence-corrected chi connectivity index (χ0v) is 10.7. The van der Waals surface area contributed by atoms with E-state index in [1.54, 1.807) is 0 Å². The molecule has 1 aromatic carbocycles. The largest absolute Gasteiger partial charge is 0.443 e. The predicted molar refractivity (Wildman–Crippen MR) is 61.6 cm³/mol. The highest BCUT2D eigenvalue weighted by Crippen LogP contribution is 2.33. The lowest BCUT2D eigenvalue weighted by Crippen LogP contribution is -2.07. The Morgan fingerprint density at radius 1 is 1.25 bits per heavy atom. The van der Waals surface area contributed by atoms with E-state index in [1.165, 1.54) is 6.92 Å². The molecule has 1 aromatic heterocycles. The van der Waals surface area contributed by atoms with Crippen LogP contribution in [0.5, 0.6) is 0 Å². The van der Waals surface area contributed by atoms with Gasteiger partial charge in [-0.2, -0.15) is 13.2 Å². The Morgan fingerprint density at radius 2 is 1.90 bits per heavy atom. The van der Waals surface area contributed by atoms with Gasteiger partial charge in [0, 0.05) is 6.20 Å². The smallest absolute Gasteiger partial charge is 0.287 e. The molecule has 0 saturated heterocycles. The summed E-state index contributed by atoms with van der Waals surface area (Å²) in [6.07, 6.45) is -4.04. The van der Waals surface area contributed by atoms with E-state index in [4.69, 9.17) is 0 Å². The molecular weight excluding hydrogens is 301 g/mol. The van der Waals surface area contributed by atoms with E-state index < -0.39 is 39.0 Å². The summed E-state index contributed by atoms with van der Waals surface area (Å²) in [7, 11) is 0. The second-order valence-corrected chi connectivity index (χ2v) is 4.94. The number of rotatable bonds is 2. The second-order valence-electron chi connectivity index (χ2n) is 3.91. The van der Waals surface area contributed by atoms with Crippen LogP contribution in [-0.2, 0) is 6.18 Å². The molecule has 0 unspecified atom stereocenters. The monoisotopic (exact) mass is 307 g/mol. The highest BCUT2D eigenvalue weighted by molar-refractivity contribution is 7.14. The van der Waals surface area contributed by atoms with Gasteiger partial charge >= 0.3 is 6.18 Å². The summed E-state index contributed by atoms with van der Waals surface area (Å²) in [6.45, 7) is 1.32. The van der Waals surface area contributed by atoms with E-state index in [1.807, 2.05) is 0 Å². The molecule has 20 heavy (non-hydrogen) atoms. The highest BCUT2D eigenvalue weighted by Gasteiger charge is 2.35. The first-order valence-corrected chi connectivity index (χ1v) is 6.05. The Labute approximate surface area is 113 Å². The molecule has 0 atom stereocenters. The van der Waals surface area contributed by atoms with Crippen LogP contribution < -0.4 is 0 Å². The third-order valence-electron chi connectivity index (χ3n) is 2.48. The van der Waals surface area contributed by atoms with Gasteiger partial charge in [0.2, 0.25) is 5.78 Å². The molecule has 0 saturated carbocycles. The van der Waals surface area contributed by atoms with Gasteiger partial charge in [0.25, 0.3) is 0 Å². The van der Waals surface area contributed by atoms with Crippen molar-refractivity contribution in [3.63, 3.8) is 0 Å². The molecule has 0 amide bonds. The molecule has 0 aliphatic rings. The van der Waals surface area contributed by atoms with E-state index in [0.29, 0.717) is 6.20 Å². The van der Waals surface area contributed by atoms with Crippen LogP contribution in [0.15, 0.2) is 18.3 Å². The van der Waals surface area contributed by atoms with E-state index in [0.717, 1.165) is 12.1 Å². The Kier molecular flexibility index (Phi) is 3.59. The second kappa shape index (κ2) is 4.93. The average Bonchev–Trinajstić information content (AvgIpc) is 2.83. The van der Waals surface area contributed by atoms with Gasteiger partial charge in [0.05, 0.1) is 10.4 Å². The van der Waals surface area contributed by atoms with Crippen LogP contribution in [-0.4, -0.2) is 10.8 Å². The molecular formula is C12H6F5NOS. The van der Waals surface area contributed by atoms with Crippen LogP contribution in [0, 0.1) is 18.6 Å². The summed E-state index contributed by atoms with van der Waals surface area (Å²) < 4.78 is 64.4. The summed E-state index contributed by atoms with van der Waals surface area (Å²) in [4.78, 5) is 14.5. The van der Waals surface area contributed by atoms with E-state index in [9.17, 15) is 26.7 Å². The lowest BCUT2D eigenvalue weighted by molar-refractivity contribution is -0.137. The van der Waals surface area contributed by atoms with E-state index in [-0.39, 0.29) is 16.9 Å². The van der Waals surface area contributed by atoms with Crippen LogP contribution in [0.25, 0.3) is 0 Å². The maximum atomic E-state index is 13.7. The summed E-state index contributed by atoms with van der Waals surface area (Å²) in [6, 6.07) is 2.02. The number of aryl methyl sites for hydroxylation is 1. The number of hydrogen-bond acceptors (Lipinski definition) is 3. The number of benzene rings is 1. The van der Waals surface area contributed by atoms with Crippen LogP contribution >= 0.6 is 11.3 Å². The summed E-state index contributed by atoms with van der Waals surface area (Å²) in [5, 5.41) is -1.24. The van der Waals surface area contributed by atoms with E-state index >= 15 is 0 Å². The van der Waals surface area contributed by atoms with Gasteiger partial charge in [-0.15, -0.1) is 11.3 Å². The first-order chi connectivity index (χ1) is 9.21. The van der Waals surface area contributed by atoms with Crippen LogP contribution in [0.1, 0.15) is 25.8 Å². The fraction of sp³-hybridized carbons (Fsp3) is 0.167.